The second-order valence-electron chi connectivity index (χ2n) is 4.34. The van der Waals surface area contributed by atoms with Gasteiger partial charge in [0.2, 0.25) is 0 Å². The maximum atomic E-state index is 11.3. The van der Waals surface area contributed by atoms with E-state index in [1.165, 1.54) is 0 Å². The maximum Gasteiger partial charge on any atom is 0.306 e. The van der Waals surface area contributed by atoms with Gasteiger partial charge in [-0.3, -0.25) is 4.79 Å². The van der Waals surface area contributed by atoms with Gasteiger partial charge in [0.1, 0.15) is 5.60 Å². The van der Waals surface area contributed by atoms with Crippen LogP contribution in [0.5, 0.6) is 0 Å². The summed E-state index contributed by atoms with van der Waals surface area (Å²) in [5, 5.41) is 0.860. The van der Waals surface area contributed by atoms with E-state index in [-0.39, 0.29) is 11.6 Å². The third kappa shape index (κ3) is 11.8. The number of carbonyl (C=O) groups excluding carboxylic acids is 1. The zero-order chi connectivity index (χ0) is 11.7. The van der Waals surface area contributed by atoms with Crippen LogP contribution in [0.1, 0.15) is 40.0 Å². The number of unbranched alkanes of at least 4 members (excludes halogenated alkanes) is 1. The number of ether oxygens (including phenoxy) is 2. The fourth-order valence-corrected chi connectivity index (χ4v) is 1.25. The van der Waals surface area contributed by atoms with Crippen LogP contribution >= 0.6 is 15.9 Å². The number of hydrogen-bond donors (Lipinski definition) is 0. The minimum atomic E-state index is -0.371. The van der Waals surface area contributed by atoms with Crippen LogP contribution in [0.25, 0.3) is 0 Å². The van der Waals surface area contributed by atoms with Gasteiger partial charge in [0.25, 0.3) is 0 Å². The first-order valence-corrected chi connectivity index (χ1v) is 6.43. The molecule has 0 unspecified atom stereocenters. The molecule has 0 saturated heterocycles. The standard InChI is InChI=1S/C11H21BrO3/c1-11(2,3)15-10(13)6-4-5-8-14-9-7-12/h4-9H2,1-3H3. The van der Waals surface area contributed by atoms with Gasteiger partial charge in [0.15, 0.2) is 0 Å². The number of rotatable bonds is 7. The zero-order valence-corrected chi connectivity index (χ0v) is 11.4. The van der Waals surface area contributed by atoms with Gasteiger partial charge in [-0.15, -0.1) is 0 Å². The van der Waals surface area contributed by atoms with Crippen molar-refractivity contribution in [3.63, 3.8) is 0 Å². The van der Waals surface area contributed by atoms with E-state index in [1.54, 1.807) is 0 Å². The largest absolute Gasteiger partial charge is 0.460 e. The van der Waals surface area contributed by atoms with Crippen molar-refractivity contribution >= 4 is 21.9 Å². The lowest BCUT2D eigenvalue weighted by Crippen LogP contribution is -2.23. The van der Waals surface area contributed by atoms with E-state index in [0.29, 0.717) is 13.0 Å². The summed E-state index contributed by atoms with van der Waals surface area (Å²) in [5.74, 6) is -0.122. The van der Waals surface area contributed by atoms with Crippen molar-refractivity contribution in [2.24, 2.45) is 0 Å². The van der Waals surface area contributed by atoms with E-state index in [4.69, 9.17) is 9.47 Å². The molecule has 0 aliphatic rings. The maximum absolute atomic E-state index is 11.3. The fourth-order valence-electron chi connectivity index (χ4n) is 1.02. The molecule has 0 fully saturated rings. The third-order valence-corrected chi connectivity index (χ3v) is 1.88. The molecule has 0 bridgehead atoms. The first-order chi connectivity index (χ1) is 6.95. The molecule has 0 amide bonds. The molecule has 0 aliphatic heterocycles. The Bertz CT molecular complexity index is 175. The highest BCUT2D eigenvalue weighted by Gasteiger charge is 2.15. The molecule has 0 rings (SSSR count). The summed E-state index contributed by atoms with van der Waals surface area (Å²) in [6, 6.07) is 0. The molecule has 0 aromatic rings. The van der Waals surface area contributed by atoms with Crippen molar-refractivity contribution in [2.45, 2.75) is 45.6 Å². The molecule has 0 saturated carbocycles. The van der Waals surface area contributed by atoms with Gasteiger partial charge in [0.05, 0.1) is 6.61 Å². The van der Waals surface area contributed by atoms with Crippen molar-refractivity contribution in [2.75, 3.05) is 18.5 Å². The van der Waals surface area contributed by atoms with Gasteiger partial charge in [-0.25, -0.2) is 0 Å². The van der Waals surface area contributed by atoms with E-state index in [9.17, 15) is 4.79 Å². The summed E-state index contributed by atoms with van der Waals surface area (Å²) >= 11 is 3.28. The van der Waals surface area contributed by atoms with Gasteiger partial charge in [0, 0.05) is 18.4 Å². The van der Waals surface area contributed by atoms with Crippen molar-refractivity contribution in [1.82, 2.24) is 0 Å². The van der Waals surface area contributed by atoms with Crippen molar-refractivity contribution in [3.8, 4) is 0 Å². The normalized spacial score (nSPS) is 11.5. The molecule has 0 aromatic carbocycles. The second kappa shape index (κ2) is 8.11. The van der Waals surface area contributed by atoms with Gasteiger partial charge in [-0.05, 0) is 33.6 Å². The van der Waals surface area contributed by atoms with E-state index >= 15 is 0 Å². The Kier molecular flexibility index (Phi) is 8.06. The van der Waals surface area contributed by atoms with Crippen LogP contribution in [0.15, 0.2) is 0 Å². The summed E-state index contributed by atoms with van der Waals surface area (Å²) in [6.45, 7) is 7.08. The Morgan fingerprint density at radius 2 is 1.87 bits per heavy atom. The number of alkyl halides is 1. The minimum Gasteiger partial charge on any atom is -0.460 e. The highest BCUT2D eigenvalue weighted by Crippen LogP contribution is 2.09. The van der Waals surface area contributed by atoms with Crippen LogP contribution < -0.4 is 0 Å². The Balaban J connectivity index is 3.32. The Labute approximate surface area is 101 Å². The minimum absolute atomic E-state index is 0.122. The Hall–Kier alpha value is -0.0900. The van der Waals surface area contributed by atoms with E-state index in [1.807, 2.05) is 20.8 Å². The summed E-state index contributed by atoms with van der Waals surface area (Å²) in [7, 11) is 0. The van der Waals surface area contributed by atoms with Gasteiger partial charge in [-0.2, -0.15) is 0 Å². The van der Waals surface area contributed by atoms with Crippen LogP contribution in [0.2, 0.25) is 0 Å². The van der Waals surface area contributed by atoms with Crippen LogP contribution in [-0.2, 0) is 14.3 Å². The molecule has 0 atom stereocenters. The molecule has 0 radical (unpaired) electrons. The molecule has 3 nitrogen and oxygen atoms in total. The Morgan fingerprint density at radius 1 is 1.20 bits per heavy atom. The quantitative estimate of drug-likeness (QED) is 0.409. The van der Waals surface area contributed by atoms with Crippen LogP contribution in [0.4, 0.5) is 0 Å². The highest BCUT2D eigenvalue weighted by atomic mass is 79.9. The number of esters is 1. The summed E-state index contributed by atoms with van der Waals surface area (Å²) in [6.07, 6.45) is 2.22. The molecule has 0 spiro atoms. The smallest absolute Gasteiger partial charge is 0.306 e. The first-order valence-electron chi connectivity index (χ1n) is 5.31. The van der Waals surface area contributed by atoms with Crippen molar-refractivity contribution in [3.05, 3.63) is 0 Å². The molecule has 0 N–H and O–H groups in total. The molecule has 0 aromatic heterocycles. The SMILES string of the molecule is CC(C)(C)OC(=O)CCCCOCCBr. The Morgan fingerprint density at radius 3 is 2.40 bits per heavy atom. The van der Waals surface area contributed by atoms with E-state index < -0.39 is 0 Å². The predicted octanol–water partition coefficient (Wildman–Crippen LogP) is 2.91. The fraction of sp³-hybridized carbons (Fsp3) is 0.909. The molecule has 15 heavy (non-hydrogen) atoms. The monoisotopic (exact) mass is 280 g/mol. The molecule has 90 valence electrons. The van der Waals surface area contributed by atoms with Crippen LogP contribution in [0, 0.1) is 0 Å². The summed E-state index contributed by atoms with van der Waals surface area (Å²) in [5.41, 5.74) is -0.371. The zero-order valence-electron chi connectivity index (χ0n) is 9.85. The lowest BCUT2D eigenvalue weighted by molar-refractivity contribution is -0.154. The molecule has 0 aliphatic carbocycles. The molecule has 4 heteroatoms. The lowest BCUT2D eigenvalue weighted by Gasteiger charge is -2.19. The topological polar surface area (TPSA) is 35.5 Å². The van der Waals surface area contributed by atoms with E-state index in [2.05, 4.69) is 15.9 Å². The van der Waals surface area contributed by atoms with Crippen LogP contribution in [0.3, 0.4) is 0 Å². The first kappa shape index (κ1) is 14.9. The van der Waals surface area contributed by atoms with E-state index in [0.717, 1.165) is 24.8 Å². The molecular formula is C11H21BrO3. The van der Waals surface area contributed by atoms with Gasteiger partial charge < -0.3 is 9.47 Å². The number of halogens is 1. The number of hydrogen-bond acceptors (Lipinski definition) is 3. The van der Waals surface area contributed by atoms with Gasteiger partial charge in [-0.1, -0.05) is 15.9 Å². The van der Waals surface area contributed by atoms with Crippen molar-refractivity contribution in [1.29, 1.82) is 0 Å². The second-order valence-corrected chi connectivity index (χ2v) is 5.14. The summed E-state index contributed by atoms with van der Waals surface area (Å²) in [4.78, 5) is 11.3. The molecule has 0 heterocycles. The molecular weight excluding hydrogens is 260 g/mol. The predicted molar refractivity (Wildman–Crippen MR) is 64.3 cm³/mol. The highest BCUT2D eigenvalue weighted by molar-refractivity contribution is 9.09. The van der Waals surface area contributed by atoms with Crippen LogP contribution in [-0.4, -0.2) is 30.1 Å². The average Bonchev–Trinajstić information content (AvgIpc) is 2.08. The average molecular weight is 281 g/mol. The van der Waals surface area contributed by atoms with Crippen molar-refractivity contribution < 1.29 is 14.3 Å². The third-order valence-electron chi connectivity index (χ3n) is 1.56. The van der Waals surface area contributed by atoms with Gasteiger partial charge >= 0.3 is 5.97 Å². The number of carbonyl (C=O) groups is 1. The lowest BCUT2D eigenvalue weighted by atomic mass is 10.2. The summed E-state index contributed by atoms with van der Waals surface area (Å²) < 4.78 is 10.4.